The fourth-order valence-corrected chi connectivity index (χ4v) is 2.12. The lowest BCUT2D eigenvalue weighted by molar-refractivity contribution is -0.139. The fraction of sp³-hybridized carbons (Fsp3) is 0.375. The van der Waals surface area contributed by atoms with E-state index in [4.69, 9.17) is 26.0 Å². The standard InChI is InChI=1S/C16H18ClN3O5/c1-9(2)16-19-14(25-20-16)6-5-13(21)18-10-3-4-12(11(17)7-10)24-8-15(22)23/h3-4,7,9H,5-6,8H2,1-2H3,(H,18,21)(H,22,23). The molecule has 9 heteroatoms. The number of carbonyl (C=O) groups is 2. The normalized spacial score (nSPS) is 10.7. The molecule has 0 fully saturated rings. The van der Waals surface area contributed by atoms with Crippen molar-refractivity contribution in [1.29, 1.82) is 0 Å². The predicted molar refractivity (Wildman–Crippen MR) is 89.9 cm³/mol. The van der Waals surface area contributed by atoms with Gasteiger partial charge < -0.3 is 19.7 Å². The van der Waals surface area contributed by atoms with Gasteiger partial charge in [-0.15, -0.1) is 0 Å². The Balaban J connectivity index is 1.87. The Hall–Kier alpha value is -2.61. The molecule has 2 rings (SSSR count). The number of ether oxygens (including phenoxy) is 1. The number of nitrogens with one attached hydrogen (secondary N) is 1. The number of hydrogen-bond acceptors (Lipinski definition) is 6. The monoisotopic (exact) mass is 367 g/mol. The zero-order valence-electron chi connectivity index (χ0n) is 13.8. The van der Waals surface area contributed by atoms with Crippen LogP contribution >= 0.6 is 11.6 Å². The molecule has 25 heavy (non-hydrogen) atoms. The van der Waals surface area contributed by atoms with Crippen LogP contribution in [0.2, 0.25) is 5.02 Å². The van der Waals surface area contributed by atoms with Gasteiger partial charge in [0, 0.05) is 24.4 Å². The number of carboxylic acid groups (broad SMARTS) is 1. The van der Waals surface area contributed by atoms with Crippen LogP contribution in [0.15, 0.2) is 22.7 Å². The Bertz CT molecular complexity index is 760. The van der Waals surface area contributed by atoms with E-state index in [0.717, 1.165) is 0 Å². The molecular weight excluding hydrogens is 350 g/mol. The van der Waals surface area contributed by atoms with Crippen LogP contribution in [0.25, 0.3) is 0 Å². The Morgan fingerprint density at radius 2 is 2.16 bits per heavy atom. The summed E-state index contributed by atoms with van der Waals surface area (Å²) in [6.07, 6.45) is 0.508. The third-order valence-electron chi connectivity index (χ3n) is 3.13. The molecule has 0 unspecified atom stereocenters. The number of aliphatic carboxylic acids is 1. The lowest BCUT2D eigenvalue weighted by atomic mass is 10.2. The Morgan fingerprint density at radius 3 is 2.76 bits per heavy atom. The first-order chi connectivity index (χ1) is 11.8. The highest BCUT2D eigenvalue weighted by molar-refractivity contribution is 6.32. The van der Waals surface area contributed by atoms with Gasteiger partial charge in [-0.1, -0.05) is 30.6 Å². The van der Waals surface area contributed by atoms with Gasteiger partial charge >= 0.3 is 5.97 Å². The second-order valence-electron chi connectivity index (χ2n) is 5.58. The molecule has 0 atom stereocenters. The van der Waals surface area contributed by atoms with Crippen molar-refractivity contribution in [3.05, 3.63) is 34.9 Å². The van der Waals surface area contributed by atoms with Gasteiger partial charge in [0.05, 0.1) is 5.02 Å². The minimum Gasteiger partial charge on any atom is -0.480 e. The third-order valence-corrected chi connectivity index (χ3v) is 3.43. The SMILES string of the molecule is CC(C)c1noc(CCC(=O)Nc2ccc(OCC(=O)O)c(Cl)c2)n1. The van der Waals surface area contributed by atoms with E-state index in [2.05, 4.69) is 15.5 Å². The van der Waals surface area contributed by atoms with Crippen LogP contribution in [0.4, 0.5) is 5.69 Å². The minimum absolute atomic E-state index is 0.162. The zero-order valence-corrected chi connectivity index (χ0v) is 14.5. The van der Waals surface area contributed by atoms with E-state index >= 15 is 0 Å². The molecule has 1 aromatic heterocycles. The van der Waals surface area contributed by atoms with E-state index in [9.17, 15) is 9.59 Å². The minimum atomic E-state index is -1.10. The van der Waals surface area contributed by atoms with Crippen LogP contribution < -0.4 is 10.1 Å². The molecule has 1 heterocycles. The number of aryl methyl sites for hydroxylation is 1. The van der Waals surface area contributed by atoms with Crippen molar-refractivity contribution >= 4 is 29.2 Å². The molecule has 0 saturated heterocycles. The Kier molecular flexibility index (Phi) is 6.35. The molecule has 0 radical (unpaired) electrons. The molecule has 1 amide bonds. The number of carboxylic acids is 1. The summed E-state index contributed by atoms with van der Waals surface area (Å²) >= 11 is 6.00. The summed E-state index contributed by atoms with van der Waals surface area (Å²) < 4.78 is 10.1. The predicted octanol–water partition coefficient (Wildman–Crippen LogP) is 2.88. The zero-order chi connectivity index (χ0) is 18.4. The molecular formula is C16H18ClN3O5. The summed E-state index contributed by atoms with van der Waals surface area (Å²) in [6, 6.07) is 4.55. The van der Waals surface area contributed by atoms with E-state index in [1.54, 1.807) is 6.07 Å². The van der Waals surface area contributed by atoms with E-state index in [-0.39, 0.29) is 29.0 Å². The molecule has 2 N–H and O–H groups in total. The fourth-order valence-electron chi connectivity index (χ4n) is 1.88. The van der Waals surface area contributed by atoms with Crippen LogP contribution in [0.3, 0.4) is 0 Å². The largest absolute Gasteiger partial charge is 0.480 e. The number of benzene rings is 1. The van der Waals surface area contributed by atoms with Crippen molar-refractivity contribution in [3.63, 3.8) is 0 Å². The van der Waals surface area contributed by atoms with E-state index in [1.165, 1.54) is 12.1 Å². The van der Waals surface area contributed by atoms with Gasteiger partial charge in [-0.2, -0.15) is 4.98 Å². The second kappa shape index (κ2) is 8.48. The first kappa shape index (κ1) is 18.7. The molecule has 0 spiro atoms. The van der Waals surface area contributed by atoms with Gasteiger partial charge in [-0.05, 0) is 18.2 Å². The Morgan fingerprint density at radius 1 is 1.40 bits per heavy atom. The van der Waals surface area contributed by atoms with Crippen molar-refractivity contribution in [2.45, 2.75) is 32.6 Å². The van der Waals surface area contributed by atoms with E-state index in [1.807, 2.05) is 13.8 Å². The van der Waals surface area contributed by atoms with E-state index in [0.29, 0.717) is 23.8 Å². The van der Waals surface area contributed by atoms with Crippen LogP contribution in [-0.4, -0.2) is 33.7 Å². The first-order valence-corrected chi connectivity index (χ1v) is 7.99. The lowest BCUT2D eigenvalue weighted by Crippen LogP contribution is -2.13. The average Bonchev–Trinajstić information content (AvgIpc) is 3.01. The second-order valence-corrected chi connectivity index (χ2v) is 5.98. The molecule has 134 valence electrons. The topological polar surface area (TPSA) is 115 Å². The summed E-state index contributed by atoms with van der Waals surface area (Å²) in [6.45, 7) is 3.41. The molecule has 0 bridgehead atoms. The summed E-state index contributed by atoms with van der Waals surface area (Å²) in [7, 11) is 0. The lowest BCUT2D eigenvalue weighted by Gasteiger charge is -2.09. The maximum Gasteiger partial charge on any atom is 0.341 e. The molecule has 8 nitrogen and oxygen atoms in total. The summed E-state index contributed by atoms with van der Waals surface area (Å²) in [5.41, 5.74) is 0.478. The number of amides is 1. The smallest absolute Gasteiger partial charge is 0.341 e. The molecule has 2 aromatic rings. The van der Waals surface area contributed by atoms with Gasteiger partial charge in [0.15, 0.2) is 12.4 Å². The molecule has 0 aliphatic heterocycles. The number of nitrogens with zero attached hydrogens (tertiary/aromatic N) is 2. The van der Waals surface area contributed by atoms with Crippen LogP contribution in [0, 0.1) is 0 Å². The highest BCUT2D eigenvalue weighted by Crippen LogP contribution is 2.27. The average molecular weight is 368 g/mol. The number of aromatic nitrogens is 2. The summed E-state index contributed by atoms with van der Waals surface area (Å²) in [5, 5.41) is 15.3. The number of anilines is 1. The van der Waals surface area contributed by atoms with Crippen molar-refractivity contribution in [2.24, 2.45) is 0 Å². The highest BCUT2D eigenvalue weighted by atomic mass is 35.5. The molecule has 1 aromatic carbocycles. The summed E-state index contributed by atoms with van der Waals surface area (Å²) in [5.74, 6) is 0.0765. The van der Waals surface area contributed by atoms with Crippen molar-refractivity contribution in [2.75, 3.05) is 11.9 Å². The van der Waals surface area contributed by atoms with Gasteiger partial charge in [0.25, 0.3) is 0 Å². The van der Waals surface area contributed by atoms with Gasteiger partial charge in [-0.3, -0.25) is 4.79 Å². The van der Waals surface area contributed by atoms with Crippen LogP contribution in [-0.2, 0) is 16.0 Å². The quantitative estimate of drug-likeness (QED) is 0.737. The number of carbonyl (C=O) groups excluding carboxylic acids is 1. The van der Waals surface area contributed by atoms with Crippen LogP contribution in [0.5, 0.6) is 5.75 Å². The van der Waals surface area contributed by atoms with Gasteiger partial charge in [0.1, 0.15) is 5.75 Å². The Labute approximate surface area is 149 Å². The third kappa shape index (κ3) is 5.75. The molecule has 0 aliphatic carbocycles. The van der Waals surface area contributed by atoms with Crippen LogP contribution in [0.1, 0.15) is 37.9 Å². The number of rotatable bonds is 8. The maximum atomic E-state index is 12.0. The van der Waals surface area contributed by atoms with Crippen molar-refractivity contribution in [3.8, 4) is 5.75 Å². The number of hydrogen-bond donors (Lipinski definition) is 2. The maximum absolute atomic E-state index is 12.0. The van der Waals surface area contributed by atoms with Gasteiger partial charge in [-0.25, -0.2) is 4.79 Å². The van der Waals surface area contributed by atoms with Gasteiger partial charge in [0.2, 0.25) is 11.8 Å². The molecule has 0 saturated carbocycles. The highest BCUT2D eigenvalue weighted by Gasteiger charge is 2.12. The van der Waals surface area contributed by atoms with Crippen molar-refractivity contribution < 1.29 is 24.0 Å². The first-order valence-electron chi connectivity index (χ1n) is 7.61. The van der Waals surface area contributed by atoms with Crippen molar-refractivity contribution in [1.82, 2.24) is 10.1 Å². The molecule has 0 aliphatic rings. The van der Waals surface area contributed by atoms with E-state index < -0.39 is 12.6 Å². The summed E-state index contributed by atoms with van der Waals surface area (Å²) in [4.78, 5) is 26.7. The number of halogens is 1.